The second kappa shape index (κ2) is 2.24. The van der Waals surface area contributed by atoms with E-state index in [2.05, 4.69) is 5.32 Å². The molecule has 1 saturated heterocycles. The molecule has 0 aromatic heterocycles. The Morgan fingerprint density at radius 1 is 1.62 bits per heavy atom. The number of aldehydes is 1. The Morgan fingerprint density at radius 3 is 2.62 bits per heavy atom. The van der Waals surface area contributed by atoms with Crippen LogP contribution in [0.25, 0.3) is 0 Å². The maximum absolute atomic E-state index is 10.0. The Balaban J connectivity index is 2.32. The van der Waals surface area contributed by atoms with Crippen LogP contribution in [0.4, 0.5) is 0 Å². The van der Waals surface area contributed by atoms with Gasteiger partial charge in [-0.1, -0.05) is 0 Å². The number of hydrogen-bond acceptors (Lipinski definition) is 2. The molecule has 0 aromatic rings. The largest absolute Gasteiger partial charge is 0.315 e. The molecule has 3 heteroatoms. The molecule has 8 heavy (non-hydrogen) atoms. The summed E-state index contributed by atoms with van der Waals surface area (Å²) in [6, 6.07) is -0.106. The number of nitrogens with zero attached hydrogens (tertiary/aromatic N) is 1. The molecular weight excluding hydrogens is 104 g/mol. The summed E-state index contributed by atoms with van der Waals surface area (Å²) >= 11 is 0. The van der Waals surface area contributed by atoms with Crippen molar-refractivity contribution in [3.63, 3.8) is 0 Å². The van der Waals surface area contributed by atoms with Crippen LogP contribution >= 0.6 is 0 Å². The molecular formula is C5H9N2O. The van der Waals surface area contributed by atoms with Crippen LogP contribution in [0, 0.1) is 0 Å². The highest BCUT2D eigenvalue weighted by Crippen LogP contribution is 2.07. The van der Waals surface area contributed by atoms with Crippen molar-refractivity contribution in [3.8, 4) is 0 Å². The van der Waals surface area contributed by atoms with Gasteiger partial charge in [0, 0.05) is 0 Å². The van der Waals surface area contributed by atoms with Crippen molar-refractivity contribution in [1.29, 1.82) is 0 Å². The van der Waals surface area contributed by atoms with E-state index in [0.717, 1.165) is 19.1 Å². The highest BCUT2D eigenvalue weighted by Gasteiger charge is 2.20. The van der Waals surface area contributed by atoms with E-state index in [4.69, 9.17) is 5.73 Å². The molecule has 2 atom stereocenters. The molecule has 1 radical (unpaired) electrons. The SMILES string of the molecule is NC1CCC(C=O)[N]1. The van der Waals surface area contributed by atoms with Crippen molar-refractivity contribution < 1.29 is 4.79 Å². The van der Waals surface area contributed by atoms with Crippen molar-refractivity contribution in [2.45, 2.75) is 25.0 Å². The summed E-state index contributed by atoms with van der Waals surface area (Å²) in [5.74, 6) is 0. The minimum Gasteiger partial charge on any atom is -0.315 e. The van der Waals surface area contributed by atoms with E-state index in [1.807, 2.05) is 0 Å². The summed E-state index contributed by atoms with van der Waals surface area (Å²) in [4.78, 5) is 10.0. The minimum atomic E-state index is -0.106. The Morgan fingerprint density at radius 2 is 2.38 bits per heavy atom. The Bertz CT molecular complexity index is 94.4. The minimum absolute atomic E-state index is 0.0785. The first-order valence-electron chi connectivity index (χ1n) is 2.74. The van der Waals surface area contributed by atoms with E-state index in [-0.39, 0.29) is 12.2 Å². The zero-order valence-electron chi connectivity index (χ0n) is 4.58. The van der Waals surface area contributed by atoms with E-state index < -0.39 is 0 Å². The first-order chi connectivity index (χ1) is 3.83. The van der Waals surface area contributed by atoms with Crippen LogP contribution in [-0.4, -0.2) is 18.5 Å². The van der Waals surface area contributed by atoms with E-state index in [9.17, 15) is 4.79 Å². The fraction of sp³-hybridized carbons (Fsp3) is 0.800. The summed E-state index contributed by atoms with van der Waals surface area (Å²) in [5.41, 5.74) is 5.38. The van der Waals surface area contributed by atoms with Crippen LogP contribution in [0.5, 0.6) is 0 Å². The van der Waals surface area contributed by atoms with Crippen LogP contribution in [-0.2, 0) is 4.79 Å². The third kappa shape index (κ3) is 1.05. The van der Waals surface area contributed by atoms with Gasteiger partial charge in [-0.2, -0.15) is 0 Å². The van der Waals surface area contributed by atoms with Gasteiger partial charge in [-0.05, 0) is 12.8 Å². The molecule has 1 heterocycles. The van der Waals surface area contributed by atoms with E-state index in [1.54, 1.807) is 0 Å². The Hall–Kier alpha value is -0.410. The molecule has 0 spiro atoms. The monoisotopic (exact) mass is 113 g/mol. The third-order valence-corrected chi connectivity index (χ3v) is 1.30. The molecule has 1 fully saturated rings. The summed E-state index contributed by atoms with van der Waals surface area (Å²) in [5, 5.41) is 3.92. The normalized spacial score (nSPS) is 37.6. The number of nitrogens with two attached hydrogens (primary N) is 1. The maximum atomic E-state index is 10.0. The van der Waals surface area contributed by atoms with Gasteiger partial charge in [0.15, 0.2) is 0 Å². The summed E-state index contributed by atoms with van der Waals surface area (Å²) < 4.78 is 0. The number of hydrogen-bond donors (Lipinski definition) is 1. The standard InChI is InChI=1S/C5H9N2O/c6-5-2-1-4(3-8)7-5/h3-5H,1-2,6H2. The molecule has 0 amide bonds. The summed E-state index contributed by atoms with van der Waals surface area (Å²) in [6.45, 7) is 0. The number of carbonyl (C=O) groups is 1. The predicted octanol–water partition coefficient (Wildman–Crippen LogP) is -0.763. The zero-order chi connectivity index (χ0) is 5.98. The lowest BCUT2D eigenvalue weighted by Crippen LogP contribution is -2.29. The smallest absolute Gasteiger partial charge is 0.138 e. The van der Waals surface area contributed by atoms with Crippen molar-refractivity contribution >= 4 is 6.29 Å². The van der Waals surface area contributed by atoms with Gasteiger partial charge in [-0.15, -0.1) is 0 Å². The molecule has 2 unspecified atom stereocenters. The molecule has 45 valence electrons. The van der Waals surface area contributed by atoms with Crippen molar-refractivity contribution in [2.75, 3.05) is 0 Å². The van der Waals surface area contributed by atoms with Crippen molar-refractivity contribution in [2.24, 2.45) is 5.73 Å². The lowest BCUT2D eigenvalue weighted by molar-refractivity contribution is -0.109. The van der Waals surface area contributed by atoms with Gasteiger partial charge < -0.3 is 10.5 Å². The van der Waals surface area contributed by atoms with Crippen molar-refractivity contribution in [1.82, 2.24) is 5.32 Å². The lowest BCUT2D eigenvalue weighted by atomic mass is 10.2. The van der Waals surface area contributed by atoms with Crippen LogP contribution in [0.2, 0.25) is 0 Å². The molecule has 1 aliphatic heterocycles. The average molecular weight is 113 g/mol. The Kier molecular flexibility index (Phi) is 1.60. The van der Waals surface area contributed by atoms with Gasteiger partial charge in [0.05, 0.1) is 12.2 Å². The maximum Gasteiger partial charge on any atom is 0.138 e. The average Bonchev–Trinajstić information content (AvgIpc) is 2.14. The number of rotatable bonds is 1. The summed E-state index contributed by atoms with van der Waals surface area (Å²) in [7, 11) is 0. The van der Waals surface area contributed by atoms with Crippen LogP contribution < -0.4 is 11.1 Å². The fourth-order valence-electron chi connectivity index (χ4n) is 0.840. The van der Waals surface area contributed by atoms with Gasteiger partial charge in [0.1, 0.15) is 6.29 Å². The molecule has 0 aliphatic carbocycles. The zero-order valence-corrected chi connectivity index (χ0v) is 4.58. The van der Waals surface area contributed by atoms with Gasteiger partial charge in [0.2, 0.25) is 0 Å². The molecule has 0 bridgehead atoms. The molecule has 0 saturated carbocycles. The molecule has 1 rings (SSSR count). The molecule has 3 nitrogen and oxygen atoms in total. The second-order valence-electron chi connectivity index (χ2n) is 2.00. The van der Waals surface area contributed by atoms with Gasteiger partial charge in [-0.25, -0.2) is 5.32 Å². The quantitative estimate of drug-likeness (QED) is 0.454. The van der Waals surface area contributed by atoms with E-state index in [0.29, 0.717) is 0 Å². The number of carbonyl (C=O) groups excluding carboxylic acids is 1. The second-order valence-corrected chi connectivity index (χ2v) is 2.00. The molecule has 2 N–H and O–H groups in total. The fourth-order valence-corrected chi connectivity index (χ4v) is 0.840. The van der Waals surface area contributed by atoms with Crippen LogP contribution in [0.15, 0.2) is 0 Å². The lowest BCUT2D eigenvalue weighted by Gasteiger charge is -1.97. The van der Waals surface area contributed by atoms with Gasteiger partial charge in [0.25, 0.3) is 0 Å². The highest BCUT2D eigenvalue weighted by molar-refractivity contribution is 5.57. The van der Waals surface area contributed by atoms with Gasteiger partial charge in [-0.3, -0.25) is 0 Å². The first kappa shape index (κ1) is 5.72. The first-order valence-corrected chi connectivity index (χ1v) is 2.74. The molecule has 1 aliphatic rings. The van der Waals surface area contributed by atoms with Crippen molar-refractivity contribution in [3.05, 3.63) is 0 Å². The van der Waals surface area contributed by atoms with Gasteiger partial charge >= 0.3 is 0 Å². The summed E-state index contributed by atoms with van der Waals surface area (Å²) in [6.07, 6.45) is 2.48. The predicted molar refractivity (Wildman–Crippen MR) is 29.2 cm³/mol. The molecule has 0 aromatic carbocycles. The Labute approximate surface area is 48.2 Å². The van der Waals surface area contributed by atoms with Crippen LogP contribution in [0.3, 0.4) is 0 Å². The highest BCUT2D eigenvalue weighted by atomic mass is 16.1. The van der Waals surface area contributed by atoms with E-state index >= 15 is 0 Å². The third-order valence-electron chi connectivity index (χ3n) is 1.30. The van der Waals surface area contributed by atoms with Crippen LogP contribution in [0.1, 0.15) is 12.8 Å². The topological polar surface area (TPSA) is 57.2 Å². The van der Waals surface area contributed by atoms with E-state index in [1.165, 1.54) is 0 Å².